The van der Waals surface area contributed by atoms with Crippen molar-refractivity contribution < 1.29 is 81.7 Å². The molecule has 2 saturated carbocycles. The number of rotatable bonds is 10. The summed E-state index contributed by atoms with van der Waals surface area (Å²) in [4.78, 5) is 97.3. The zero-order valence-electron chi connectivity index (χ0n) is 36.8. The summed E-state index contributed by atoms with van der Waals surface area (Å²) in [6.45, 7) is 16.2. The number of nitrogens with one attached hydrogen (secondary N) is 1. The molecule has 2 saturated heterocycles. The van der Waals surface area contributed by atoms with Crippen molar-refractivity contribution in [2.24, 2.45) is 22.7 Å². The minimum atomic E-state index is -2.36. The monoisotopic (exact) mass is 871 g/mol. The molecule has 6 rings (SSSR count). The van der Waals surface area contributed by atoms with Gasteiger partial charge in [0.1, 0.15) is 11.7 Å². The predicted octanol–water partition coefficient (Wildman–Crippen LogP) is 3.66. The van der Waals surface area contributed by atoms with E-state index in [4.69, 9.17) is 37.9 Å². The summed E-state index contributed by atoms with van der Waals surface area (Å²) in [5.41, 5.74) is -8.99. The Morgan fingerprint density at radius 3 is 2.16 bits per heavy atom. The highest BCUT2D eigenvalue weighted by Crippen LogP contribution is 2.67. The lowest BCUT2D eigenvalue weighted by atomic mass is 9.44. The van der Waals surface area contributed by atoms with Crippen molar-refractivity contribution in [3.8, 4) is 0 Å². The van der Waals surface area contributed by atoms with E-state index >= 15 is 4.79 Å². The fourth-order valence-corrected chi connectivity index (χ4v) is 10.4. The molecule has 0 radical (unpaired) electrons. The highest BCUT2D eigenvalue weighted by Gasteiger charge is 2.83. The summed E-state index contributed by atoms with van der Waals surface area (Å²) in [7, 11) is 0. The normalized spacial score (nSPS) is 34.2. The molecule has 18 nitrogen and oxygen atoms in total. The van der Waals surface area contributed by atoms with Crippen molar-refractivity contribution in [3.63, 3.8) is 0 Å². The van der Waals surface area contributed by atoms with Gasteiger partial charge in [-0.2, -0.15) is 0 Å². The first kappa shape index (κ1) is 46.4. The van der Waals surface area contributed by atoms with E-state index in [-0.39, 0.29) is 42.1 Å². The number of carbonyl (C=O) groups is 7. The maximum absolute atomic E-state index is 15.6. The Hall–Kier alpha value is -5.07. The van der Waals surface area contributed by atoms with Crippen molar-refractivity contribution in [3.05, 3.63) is 47.0 Å². The quantitative estimate of drug-likeness (QED) is 0.173. The Kier molecular flexibility index (Phi) is 12.2. The molecule has 0 aromatic heterocycles. The Labute approximate surface area is 359 Å². The number of carbonyl (C=O) groups excluding carboxylic acids is 7. The van der Waals surface area contributed by atoms with Gasteiger partial charge in [-0.05, 0) is 70.2 Å². The third kappa shape index (κ3) is 7.61. The van der Waals surface area contributed by atoms with Crippen LogP contribution in [0.1, 0.15) is 99.4 Å². The average Bonchev–Trinajstić information content (AvgIpc) is 3.52. The lowest BCUT2D eigenvalue weighted by Gasteiger charge is -2.67. The zero-order valence-corrected chi connectivity index (χ0v) is 36.8. The van der Waals surface area contributed by atoms with Gasteiger partial charge in [0.2, 0.25) is 5.60 Å². The van der Waals surface area contributed by atoms with Crippen LogP contribution in [0.4, 0.5) is 9.59 Å². The Morgan fingerprint density at radius 1 is 0.968 bits per heavy atom. The highest BCUT2D eigenvalue weighted by molar-refractivity contribution is 5.96. The molecule has 18 heteroatoms. The van der Waals surface area contributed by atoms with Crippen LogP contribution in [0.25, 0.3) is 0 Å². The molecule has 1 spiro atoms. The second-order valence-electron chi connectivity index (χ2n) is 19.0. The molecule has 5 aliphatic rings. The Bertz CT molecular complexity index is 2040. The van der Waals surface area contributed by atoms with Crippen molar-refractivity contribution in [1.82, 2.24) is 5.32 Å². The van der Waals surface area contributed by atoms with Gasteiger partial charge in [-0.1, -0.05) is 45.9 Å². The van der Waals surface area contributed by atoms with E-state index in [1.54, 1.807) is 66.7 Å². The van der Waals surface area contributed by atoms with Crippen LogP contribution in [0.5, 0.6) is 0 Å². The van der Waals surface area contributed by atoms with Crippen LogP contribution in [0.2, 0.25) is 0 Å². The van der Waals surface area contributed by atoms with E-state index in [2.05, 4.69) is 5.32 Å². The van der Waals surface area contributed by atoms with Gasteiger partial charge in [0.15, 0.2) is 41.9 Å². The number of hydrogen-bond acceptors (Lipinski definition) is 17. The summed E-state index contributed by atoms with van der Waals surface area (Å²) in [6, 6.07) is 6.47. The van der Waals surface area contributed by atoms with Crippen molar-refractivity contribution >= 4 is 41.9 Å². The number of amides is 1. The molecular weight excluding hydrogens is 814 g/mol. The SMILES string of the molecule is CC(=O)O[C@H]1C(=O)[C@@]2(C)C(C(OC(=O)c3ccccc3)[C@]34OC(=O)O[C@H]3[C@H](OC(=O)[C@H](O)[C@H](CC(C)C)NC(=O)OC(C)(C)C)C(C)=C1C4(C)C)[C@]1(OC(C)=O)CO[C@@H]1C[C@@H]2O. The summed E-state index contributed by atoms with van der Waals surface area (Å²) in [6.07, 6.45) is -14.5. The maximum Gasteiger partial charge on any atom is 0.509 e. The van der Waals surface area contributed by atoms with Gasteiger partial charge < -0.3 is 53.4 Å². The largest absolute Gasteiger partial charge is 0.509 e. The summed E-state index contributed by atoms with van der Waals surface area (Å²) in [5, 5.41) is 26.3. The first-order valence-corrected chi connectivity index (χ1v) is 20.7. The van der Waals surface area contributed by atoms with E-state index in [1.807, 2.05) is 0 Å². The van der Waals surface area contributed by atoms with Gasteiger partial charge in [0, 0.05) is 25.7 Å². The molecule has 340 valence electrons. The zero-order chi connectivity index (χ0) is 46.1. The van der Waals surface area contributed by atoms with E-state index in [9.17, 15) is 39.0 Å². The molecule has 62 heavy (non-hydrogen) atoms. The predicted molar refractivity (Wildman–Crippen MR) is 212 cm³/mol. The number of benzene rings is 1. The topological polar surface area (TPSA) is 246 Å². The fraction of sp³-hybridized carbons (Fsp3) is 0.659. The minimum Gasteiger partial charge on any atom is -0.454 e. The van der Waals surface area contributed by atoms with Gasteiger partial charge in [0.05, 0.1) is 35.6 Å². The van der Waals surface area contributed by atoms with E-state index in [1.165, 1.54) is 26.0 Å². The molecule has 1 aromatic rings. The highest BCUT2D eigenvalue weighted by atomic mass is 16.8. The maximum atomic E-state index is 15.6. The van der Waals surface area contributed by atoms with Crippen LogP contribution >= 0.6 is 0 Å². The van der Waals surface area contributed by atoms with Gasteiger partial charge in [-0.25, -0.2) is 19.2 Å². The van der Waals surface area contributed by atoms with E-state index in [0.29, 0.717) is 0 Å². The third-order valence-electron chi connectivity index (χ3n) is 12.9. The van der Waals surface area contributed by atoms with E-state index < -0.39 is 124 Å². The van der Waals surface area contributed by atoms with Crippen LogP contribution in [0.3, 0.4) is 0 Å². The van der Waals surface area contributed by atoms with Gasteiger partial charge in [-0.15, -0.1) is 0 Å². The van der Waals surface area contributed by atoms with Crippen molar-refractivity contribution in [2.75, 3.05) is 6.61 Å². The number of aliphatic hydroxyl groups is 2. The number of ether oxygens (including phenoxy) is 8. The van der Waals surface area contributed by atoms with Gasteiger partial charge in [0.25, 0.3) is 0 Å². The number of fused-ring (bicyclic) bond motifs is 4. The number of aliphatic hydroxyl groups excluding tert-OH is 2. The number of hydrogen-bond donors (Lipinski definition) is 3. The van der Waals surface area contributed by atoms with Gasteiger partial charge >= 0.3 is 36.1 Å². The smallest absolute Gasteiger partial charge is 0.454 e. The standard InChI is InChI=1S/C44H57NO17/c1-20(2)17-25(45-38(53)61-40(6,7)8)29(49)37(52)57-30-21(3)28-31(56-22(4)46)33(50)42(11)26(48)18-27-43(19-55-27,60-23(5)47)32(42)35(58-36(51)24-15-13-12-14-16-24)44(41(28,9)10)34(30)59-39(54)62-44/h12-16,20,25-27,29-32,34-35,48-49H,17-19H2,1-11H3,(H,45,53)/t25-,26-,27+,29+,30+,31+,32?,34-,35?,42+,43-,44+/m0/s1. The summed E-state index contributed by atoms with van der Waals surface area (Å²) < 4.78 is 48.1. The average molecular weight is 872 g/mol. The second-order valence-corrected chi connectivity index (χ2v) is 19.0. The molecule has 1 amide bonds. The first-order valence-electron chi connectivity index (χ1n) is 20.7. The number of Topliss-reactive ketones (excluding diaryl/α,β-unsaturated/α-hetero) is 1. The molecule has 2 bridgehead atoms. The van der Waals surface area contributed by atoms with Crippen LogP contribution in [0, 0.1) is 22.7 Å². The van der Waals surface area contributed by atoms with Crippen molar-refractivity contribution in [1.29, 1.82) is 0 Å². The second kappa shape index (κ2) is 16.2. The summed E-state index contributed by atoms with van der Waals surface area (Å²) in [5.74, 6) is -6.73. The lowest BCUT2D eigenvalue weighted by molar-refractivity contribution is -0.345. The molecule has 2 heterocycles. The molecule has 12 atom stereocenters. The van der Waals surface area contributed by atoms with Crippen molar-refractivity contribution in [2.45, 2.75) is 155 Å². The number of ketones is 1. The molecule has 2 unspecified atom stereocenters. The van der Waals surface area contributed by atoms with Gasteiger partial charge in [-0.3, -0.25) is 14.4 Å². The Morgan fingerprint density at radius 2 is 1.61 bits per heavy atom. The van der Waals surface area contributed by atoms with Crippen LogP contribution in [-0.4, -0.2) is 124 Å². The summed E-state index contributed by atoms with van der Waals surface area (Å²) >= 11 is 0. The third-order valence-corrected chi connectivity index (χ3v) is 12.9. The molecule has 2 aliphatic heterocycles. The minimum absolute atomic E-state index is 0.0261. The molecule has 4 fully saturated rings. The molecule has 3 aliphatic carbocycles. The van der Waals surface area contributed by atoms with Crippen LogP contribution in [0.15, 0.2) is 41.5 Å². The molecule has 3 N–H and O–H groups in total. The number of alkyl carbamates (subject to hydrolysis) is 1. The fourth-order valence-electron chi connectivity index (χ4n) is 10.4. The lowest BCUT2D eigenvalue weighted by Crippen LogP contribution is -2.83. The van der Waals surface area contributed by atoms with Crippen LogP contribution < -0.4 is 5.32 Å². The Balaban J connectivity index is 1.61. The molecular formula is C44H57NO17. The van der Waals surface area contributed by atoms with E-state index in [0.717, 1.165) is 13.8 Å². The molecule has 1 aromatic carbocycles. The first-order chi connectivity index (χ1) is 28.7. The number of esters is 4. The van der Waals surface area contributed by atoms with Crippen LogP contribution in [-0.2, 0) is 57.1 Å².